The molecule has 0 spiro atoms. The van der Waals surface area contributed by atoms with E-state index < -0.39 is 40.0 Å². The van der Waals surface area contributed by atoms with E-state index in [4.69, 9.17) is 4.74 Å². The maximum absolute atomic E-state index is 16.6. The lowest BCUT2D eigenvalue weighted by atomic mass is 9.81. The normalized spacial score (nSPS) is 12.0. The number of hydrogen-bond donors (Lipinski definition) is 4. The number of para-hydroxylation sites is 2. The molecule has 1 aliphatic carbocycles. The molecule has 0 amide bonds. The van der Waals surface area contributed by atoms with Crippen molar-refractivity contribution < 1.29 is 28.9 Å². The average molecular weight is 569 g/mol. The topological polar surface area (TPSA) is 108 Å². The number of aromatic hydroxyl groups is 2. The van der Waals surface area contributed by atoms with E-state index in [1.807, 2.05) is 24.3 Å². The predicted octanol–water partition coefficient (Wildman–Crippen LogP) is 8.24. The summed E-state index contributed by atoms with van der Waals surface area (Å²) in [5.74, 6) is -3.73. The van der Waals surface area contributed by atoms with Gasteiger partial charge in [0.1, 0.15) is 22.9 Å². The number of anilines is 4. The second-order valence-corrected chi connectivity index (χ2v) is 10.3. The molecule has 1 aliphatic rings. The van der Waals surface area contributed by atoms with Crippen molar-refractivity contribution in [2.24, 2.45) is 0 Å². The monoisotopic (exact) mass is 568 g/mol. The van der Waals surface area contributed by atoms with Crippen LogP contribution < -0.4 is 15.4 Å². The van der Waals surface area contributed by atoms with Gasteiger partial charge in [0, 0.05) is 11.4 Å². The first-order valence-corrected chi connectivity index (χ1v) is 14.2. The molecule has 0 aromatic heterocycles. The first-order valence-electron chi connectivity index (χ1n) is 14.2. The van der Waals surface area contributed by atoms with Crippen LogP contribution in [0.25, 0.3) is 0 Å². The molecule has 7 nitrogen and oxygen atoms in total. The van der Waals surface area contributed by atoms with E-state index >= 15 is 4.39 Å². The number of phenolic OH excluding ortho intramolecular Hbond substituents is 2. The molecule has 0 unspecified atom stereocenters. The summed E-state index contributed by atoms with van der Waals surface area (Å²) >= 11 is 0. The van der Waals surface area contributed by atoms with Gasteiger partial charge in [0.15, 0.2) is 11.6 Å². The van der Waals surface area contributed by atoms with Crippen molar-refractivity contribution >= 4 is 34.3 Å². The Bertz CT molecular complexity index is 1610. The van der Waals surface area contributed by atoms with Crippen molar-refractivity contribution in [3.8, 4) is 17.2 Å². The van der Waals surface area contributed by atoms with Gasteiger partial charge in [-0.05, 0) is 42.8 Å². The summed E-state index contributed by atoms with van der Waals surface area (Å²) in [6.45, 7) is 2.37. The van der Waals surface area contributed by atoms with Crippen LogP contribution in [-0.2, 0) is 0 Å². The highest BCUT2D eigenvalue weighted by Gasteiger charge is 2.41. The fraction of sp³-hybridized carbons (Fsp3) is 0.235. The van der Waals surface area contributed by atoms with Gasteiger partial charge in [-0.25, -0.2) is 4.39 Å². The van der Waals surface area contributed by atoms with E-state index in [2.05, 4.69) is 17.6 Å². The largest absolute Gasteiger partial charge is 0.507 e. The van der Waals surface area contributed by atoms with Gasteiger partial charge in [0.05, 0.1) is 28.9 Å². The van der Waals surface area contributed by atoms with Gasteiger partial charge >= 0.3 is 0 Å². The van der Waals surface area contributed by atoms with Gasteiger partial charge in [-0.1, -0.05) is 75.4 Å². The maximum atomic E-state index is 16.6. The molecule has 5 rings (SSSR count). The van der Waals surface area contributed by atoms with E-state index in [0.29, 0.717) is 17.8 Å². The Morgan fingerprint density at radius 1 is 0.643 bits per heavy atom. The number of carbonyl (C=O) groups excluding carboxylic acids is 2. The summed E-state index contributed by atoms with van der Waals surface area (Å²) in [6.07, 6.45) is 6.02. The van der Waals surface area contributed by atoms with Gasteiger partial charge < -0.3 is 25.6 Å². The number of unbranched alkanes of at least 4 members (excludes halogenated alkanes) is 5. The summed E-state index contributed by atoms with van der Waals surface area (Å²) in [5, 5.41) is 27.4. The number of phenols is 2. The molecule has 0 heterocycles. The van der Waals surface area contributed by atoms with Crippen LogP contribution in [0.2, 0.25) is 0 Å². The van der Waals surface area contributed by atoms with Crippen LogP contribution in [0.15, 0.2) is 72.8 Å². The highest BCUT2D eigenvalue weighted by Crippen LogP contribution is 2.49. The van der Waals surface area contributed by atoms with Gasteiger partial charge in [0.25, 0.3) is 0 Å². The summed E-state index contributed by atoms with van der Waals surface area (Å²) in [6, 6.07) is 20.1. The molecule has 0 fully saturated rings. The van der Waals surface area contributed by atoms with E-state index in [0.717, 1.165) is 44.2 Å². The van der Waals surface area contributed by atoms with Crippen LogP contribution in [0.1, 0.15) is 77.3 Å². The van der Waals surface area contributed by atoms with Gasteiger partial charge in [-0.2, -0.15) is 0 Å². The zero-order chi connectivity index (χ0) is 29.6. The summed E-state index contributed by atoms with van der Waals surface area (Å²) < 4.78 is 22.9. The number of halogens is 1. The van der Waals surface area contributed by atoms with Crippen LogP contribution in [-0.4, -0.2) is 28.4 Å². The molecular weight excluding hydrogens is 535 g/mol. The number of benzene rings is 4. The van der Waals surface area contributed by atoms with Gasteiger partial charge in [-0.15, -0.1) is 0 Å². The fourth-order valence-corrected chi connectivity index (χ4v) is 5.19. The van der Waals surface area contributed by atoms with Crippen molar-refractivity contribution in [1.82, 2.24) is 0 Å². The molecule has 42 heavy (non-hydrogen) atoms. The zero-order valence-corrected chi connectivity index (χ0v) is 23.4. The Hall–Kier alpha value is -4.85. The molecule has 216 valence electrons. The quantitative estimate of drug-likeness (QED) is 0.0887. The van der Waals surface area contributed by atoms with Crippen molar-refractivity contribution in [2.45, 2.75) is 45.4 Å². The molecule has 4 aromatic carbocycles. The minimum absolute atomic E-state index is 0.00557. The van der Waals surface area contributed by atoms with Crippen LogP contribution >= 0.6 is 0 Å². The third kappa shape index (κ3) is 5.65. The molecule has 4 N–H and O–H groups in total. The molecule has 0 saturated heterocycles. The second-order valence-electron chi connectivity index (χ2n) is 10.3. The maximum Gasteiger partial charge on any atom is 0.202 e. The second kappa shape index (κ2) is 12.8. The molecule has 0 saturated carbocycles. The Morgan fingerprint density at radius 3 is 1.71 bits per heavy atom. The van der Waals surface area contributed by atoms with Crippen molar-refractivity contribution in [3.05, 3.63) is 101 Å². The Kier molecular flexibility index (Phi) is 8.71. The smallest absolute Gasteiger partial charge is 0.202 e. The molecular formula is C34H33FN2O5. The number of nitrogens with one attached hydrogen (secondary N) is 2. The first kappa shape index (κ1) is 28.7. The summed E-state index contributed by atoms with van der Waals surface area (Å²) in [7, 11) is 0. The molecule has 0 radical (unpaired) electrons. The van der Waals surface area contributed by atoms with Crippen LogP contribution in [0.4, 0.5) is 27.1 Å². The third-order valence-corrected chi connectivity index (χ3v) is 7.29. The van der Waals surface area contributed by atoms with Crippen molar-refractivity contribution in [2.75, 3.05) is 17.2 Å². The number of rotatable bonds is 12. The lowest BCUT2D eigenvalue weighted by Crippen LogP contribution is -2.25. The van der Waals surface area contributed by atoms with E-state index in [1.54, 1.807) is 36.4 Å². The van der Waals surface area contributed by atoms with Crippen LogP contribution in [0.5, 0.6) is 17.2 Å². The number of ether oxygens (including phenoxy) is 1. The van der Waals surface area contributed by atoms with E-state index in [9.17, 15) is 19.8 Å². The minimum atomic E-state index is -0.981. The van der Waals surface area contributed by atoms with Crippen molar-refractivity contribution in [3.63, 3.8) is 0 Å². The first-order chi connectivity index (χ1) is 20.4. The number of hydrogen-bond acceptors (Lipinski definition) is 7. The Balaban J connectivity index is 1.69. The average Bonchev–Trinajstić information content (AvgIpc) is 3.00. The molecule has 0 aliphatic heterocycles. The summed E-state index contributed by atoms with van der Waals surface area (Å²) in [5.41, 5.74) is -0.453. The highest BCUT2D eigenvalue weighted by molar-refractivity contribution is 6.32. The lowest BCUT2D eigenvalue weighted by molar-refractivity contribution is 0.0967. The molecule has 4 aromatic rings. The van der Waals surface area contributed by atoms with Crippen molar-refractivity contribution in [1.29, 1.82) is 0 Å². The lowest BCUT2D eigenvalue weighted by Gasteiger charge is -2.27. The highest BCUT2D eigenvalue weighted by atomic mass is 19.1. The van der Waals surface area contributed by atoms with Gasteiger partial charge in [-0.3, -0.25) is 9.59 Å². The third-order valence-electron chi connectivity index (χ3n) is 7.29. The van der Waals surface area contributed by atoms with Crippen LogP contribution in [0, 0.1) is 5.82 Å². The van der Waals surface area contributed by atoms with E-state index in [1.165, 1.54) is 0 Å². The summed E-state index contributed by atoms with van der Waals surface area (Å²) in [4.78, 5) is 27.7. The van der Waals surface area contributed by atoms with Crippen LogP contribution in [0.3, 0.4) is 0 Å². The Labute approximate surface area is 244 Å². The number of carbonyl (C=O) groups is 2. The Morgan fingerprint density at radius 2 is 1.14 bits per heavy atom. The SMILES string of the molecule is CCCCCCCCOc1c(Nc2ccccc2)c(Nc2ccccc2)c(F)c2c1C(=O)c1c(O)ccc(O)c1C2=O. The van der Waals surface area contributed by atoms with E-state index in [-0.39, 0.29) is 34.9 Å². The predicted molar refractivity (Wildman–Crippen MR) is 161 cm³/mol. The minimum Gasteiger partial charge on any atom is -0.507 e. The fourth-order valence-electron chi connectivity index (χ4n) is 5.19. The molecule has 8 heteroatoms. The number of fused-ring (bicyclic) bond motifs is 2. The number of ketones is 2. The standard InChI is InChI=1S/C34H33FN2O5/c1-2-3-4-5-6-13-20-42-34-28-27(32(40)25-23(38)18-19-24(39)26(25)33(28)41)29(35)30(36-21-14-9-7-10-15-21)31(34)37-22-16-11-8-12-17-22/h7-12,14-19,36-39H,2-6,13,20H2,1H3. The van der Waals surface area contributed by atoms with Gasteiger partial charge in [0.2, 0.25) is 11.6 Å². The molecule has 0 atom stereocenters. The molecule has 0 bridgehead atoms. The zero-order valence-electron chi connectivity index (χ0n) is 23.4.